The first-order valence-corrected chi connectivity index (χ1v) is 19.6. The van der Waals surface area contributed by atoms with E-state index >= 15 is 0 Å². The van der Waals surface area contributed by atoms with Gasteiger partial charge in [0.15, 0.2) is 0 Å². The summed E-state index contributed by atoms with van der Waals surface area (Å²) in [5.41, 5.74) is 0. The molecule has 0 fully saturated rings. The first-order valence-electron chi connectivity index (χ1n) is 18.5. The van der Waals surface area contributed by atoms with Gasteiger partial charge in [-0.3, -0.25) is 0 Å². The van der Waals surface area contributed by atoms with Gasteiger partial charge in [-0.05, 0) is 12.8 Å². The van der Waals surface area contributed by atoms with Gasteiger partial charge in [-0.15, -0.1) is 9.05 Å². The summed E-state index contributed by atoms with van der Waals surface area (Å²) >= 11 is 0. The van der Waals surface area contributed by atoms with E-state index in [2.05, 4.69) is 13.8 Å². The third-order valence-corrected chi connectivity index (χ3v) is 9.18. The van der Waals surface area contributed by atoms with Crippen LogP contribution in [0.15, 0.2) is 0 Å². The first-order chi connectivity index (χ1) is 19.8. The fourth-order valence-electron chi connectivity index (χ4n) is 5.62. The highest BCUT2D eigenvalue weighted by Crippen LogP contribution is 2.25. The average molecular weight is 586 g/mol. The van der Waals surface area contributed by atoms with Crippen molar-refractivity contribution in [3.05, 3.63) is 0 Å². The van der Waals surface area contributed by atoms with Crippen molar-refractivity contribution in [1.82, 2.24) is 0 Å². The van der Waals surface area contributed by atoms with Crippen LogP contribution in [-0.4, -0.2) is 13.2 Å². The number of rotatable bonds is 36. The minimum Gasteiger partial charge on any atom is -0.119 e. The molecule has 0 heterocycles. The van der Waals surface area contributed by atoms with Gasteiger partial charge in [0.1, 0.15) is 13.2 Å². The molecule has 0 atom stereocenters. The van der Waals surface area contributed by atoms with Gasteiger partial charge < -0.3 is 0 Å². The Labute approximate surface area is 254 Å². The van der Waals surface area contributed by atoms with E-state index in [9.17, 15) is 4.57 Å². The van der Waals surface area contributed by atoms with E-state index in [-0.39, 0.29) is 0 Å². The van der Waals surface area contributed by atoms with Crippen LogP contribution in [0.3, 0.4) is 0 Å². The molecule has 0 unspecified atom stereocenters. The fourth-order valence-corrected chi connectivity index (χ4v) is 6.25. The highest BCUT2D eigenvalue weighted by molar-refractivity contribution is 7.33. The van der Waals surface area contributed by atoms with Crippen molar-refractivity contribution in [2.24, 2.45) is 0 Å². The quantitative estimate of drug-likeness (QED) is 0.0542. The second-order valence-electron chi connectivity index (χ2n) is 12.5. The molecule has 240 valence electrons. The van der Waals surface area contributed by atoms with Crippen molar-refractivity contribution in [3.63, 3.8) is 0 Å². The summed E-state index contributed by atoms with van der Waals surface area (Å²) in [6.45, 7) is 5.73. The van der Waals surface area contributed by atoms with Crippen molar-refractivity contribution in [2.75, 3.05) is 13.2 Å². The summed E-state index contributed by atoms with van der Waals surface area (Å²) in [5.74, 6) is 0. The molecule has 0 aromatic carbocycles. The van der Waals surface area contributed by atoms with E-state index in [4.69, 9.17) is 9.05 Å². The molecule has 4 heteroatoms. The summed E-state index contributed by atoms with van der Waals surface area (Å²) in [7, 11) is -1.92. The van der Waals surface area contributed by atoms with Crippen molar-refractivity contribution in [3.8, 4) is 0 Å². The monoisotopic (exact) mass is 586 g/mol. The van der Waals surface area contributed by atoms with E-state index in [0.717, 1.165) is 12.8 Å². The molecule has 0 bridgehead atoms. The maximum atomic E-state index is 11.9. The Morgan fingerprint density at radius 2 is 0.475 bits per heavy atom. The van der Waals surface area contributed by atoms with Crippen molar-refractivity contribution >= 4 is 8.25 Å². The predicted octanol–water partition coefficient (Wildman–Crippen LogP) is 14.2. The molecule has 40 heavy (non-hydrogen) atoms. The Kier molecular flexibility index (Phi) is 37.1. The van der Waals surface area contributed by atoms with Gasteiger partial charge in [-0.1, -0.05) is 206 Å². The number of hydrogen-bond donors (Lipinski definition) is 0. The van der Waals surface area contributed by atoms with Crippen LogP contribution in [0.5, 0.6) is 0 Å². The predicted molar refractivity (Wildman–Crippen MR) is 179 cm³/mol. The van der Waals surface area contributed by atoms with Gasteiger partial charge in [0, 0.05) is 4.57 Å². The topological polar surface area (TPSA) is 35.5 Å². The zero-order chi connectivity index (χ0) is 29.0. The van der Waals surface area contributed by atoms with Crippen LogP contribution in [-0.2, 0) is 13.6 Å². The molecule has 0 aromatic heterocycles. The molecular formula is C36H74O3P+. The van der Waals surface area contributed by atoms with Crippen LogP contribution >= 0.6 is 8.25 Å². The Morgan fingerprint density at radius 3 is 0.675 bits per heavy atom. The largest absolute Gasteiger partial charge is 0.697 e. The molecule has 0 aromatic rings. The molecule has 0 aliphatic rings. The Balaban J connectivity index is 3.14. The highest BCUT2D eigenvalue weighted by atomic mass is 31.1. The van der Waals surface area contributed by atoms with Crippen molar-refractivity contribution < 1.29 is 13.6 Å². The van der Waals surface area contributed by atoms with Crippen LogP contribution in [0.2, 0.25) is 0 Å². The molecule has 0 saturated carbocycles. The average Bonchev–Trinajstić information content (AvgIpc) is 2.96. The van der Waals surface area contributed by atoms with Gasteiger partial charge in [0.25, 0.3) is 0 Å². The summed E-state index contributed by atoms with van der Waals surface area (Å²) in [6.07, 6.45) is 43.6. The van der Waals surface area contributed by atoms with Gasteiger partial charge in [-0.2, -0.15) is 0 Å². The van der Waals surface area contributed by atoms with Crippen LogP contribution in [0, 0.1) is 0 Å². The van der Waals surface area contributed by atoms with E-state index in [1.807, 2.05) is 0 Å². The standard InChI is InChI=1S/C36H74O3P/c1-3-5-7-9-11-13-15-17-19-21-23-25-27-29-31-33-35-38-40(37)39-36-34-32-30-28-26-24-22-20-18-16-14-12-10-8-6-4-2/h3-36H2,1-2H3/q+1. The molecule has 0 aliphatic heterocycles. The summed E-state index contributed by atoms with van der Waals surface area (Å²) < 4.78 is 22.6. The molecule has 0 spiro atoms. The van der Waals surface area contributed by atoms with E-state index in [1.54, 1.807) is 0 Å². The lowest BCUT2D eigenvalue weighted by Gasteiger charge is -2.03. The molecule has 0 saturated heterocycles. The maximum Gasteiger partial charge on any atom is 0.697 e. The molecule has 3 nitrogen and oxygen atoms in total. The normalized spacial score (nSPS) is 11.4. The molecule has 0 aliphatic carbocycles. The Morgan fingerprint density at radius 1 is 0.300 bits per heavy atom. The molecule has 0 N–H and O–H groups in total. The van der Waals surface area contributed by atoms with Gasteiger partial charge in [0.2, 0.25) is 0 Å². The summed E-state index contributed by atoms with van der Waals surface area (Å²) in [4.78, 5) is 0. The fraction of sp³-hybridized carbons (Fsp3) is 1.00. The minimum absolute atomic E-state index is 0.576. The van der Waals surface area contributed by atoms with Crippen molar-refractivity contribution in [2.45, 2.75) is 219 Å². The lowest BCUT2D eigenvalue weighted by molar-refractivity contribution is 0.218. The molecular weight excluding hydrogens is 511 g/mol. The van der Waals surface area contributed by atoms with Crippen LogP contribution in [0.1, 0.15) is 219 Å². The Hall–Kier alpha value is 0.0200. The van der Waals surface area contributed by atoms with Gasteiger partial charge >= 0.3 is 8.25 Å². The summed E-state index contributed by atoms with van der Waals surface area (Å²) in [5, 5.41) is 0. The molecule has 0 amide bonds. The van der Waals surface area contributed by atoms with Crippen LogP contribution in [0.25, 0.3) is 0 Å². The van der Waals surface area contributed by atoms with E-state index in [0.29, 0.717) is 13.2 Å². The molecule has 0 rings (SSSR count). The van der Waals surface area contributed by atoms with E-state index < -0.39 is 8.25 Å². The zero-order valence-corrected chi connectivity index (χ0v) is 28.6. The number of hydrogen-bond acceptors (Lipinski definition) is 3. The lowest BCUT2D eigenvalue weighted by Crippen LogP contribution is -1.92. The third-order valence-electron chi connectivity index (χ3n) is 8.39. The maximum absolute atomic E-state index is 11.9. The molecule has 0 radical (unpaired) electrons. The number of unbranched alkanes of at least 4 members (excludes halogenated alkanes) is 30. The second-order valence-corrected chi connectivity index (χ2v) is 13.5. The zero-order valence-electron chi connectivity index (χ0n) is 27.7. The van der Waals surface area contributed by atoms with Crippen molar-refractivity contribution in [1.29, 1.82) is 0 Å². The van der Waals surface area contributed by atoms with E-state index in [1.165, 1.54) is 193 Å². The lowest BCUT2D eigenvalue weighted by atomic mass is 10.0. The highest BCUT2D eigenvalue weighted by Gasteiger charge is 2.18. The van der Waals surface area contributed by atoms with Gasteiger partial charge in [0.05, 0.1) is 0 Å². The summed E-state index contributed by atoms with van der Waals surface area (Å²) in [6, 6.07) is 0. The van der Waals surface area contributed by atoms with Crippen LogP contribution < -0.4 is 0 Å². The Bertz CT molecular complexity index is 431. The van der Waals surface area contributed by atoms with Gasteiger partial charge in [-0.25, -0.2) is 0 Å². The van der Waals surface area contributed by atoms with Crippen LogP contribution in [0.4, 0.5) is 0 Å². The smallest absolute Gasteiger partial charge is 0.119 e. The second kappa shape index (κ2) is 37.0. The minimum atomic E-state index is -1.92. The SMILES string of the molecule is CCCCCCCCCCCCCCCCCCO[P+](=O)OCCCCCCCCCCCCCCCCCC. The first kappa shape index (κ1) is 40.0. The third kappa shape index (κ3) is 36.0.